The molecule has 0 unspecified atom stereocenters. The average Bonchev–Trinajstić information content (AvgIpc) is 3.14. The lowest BCUT2D eigenvalue weighted by Gasteiger charge is -2.16. The molecule has 0 aliphatic heterocycles. The first-order valence-electron chi connectivity index (χ1n) is 9.40. The Morgan fingerprint density at radius 2 is 1.57 bits per heavy atom. The van der Waals surface area contributed by atoms with Gasteiger partial charge in [0.2, 0.25) is 19.9 Å². The van der Waals surface area contributed by atoms with Crippen molar-refractivity contribution in [3.05, 3.63) is 53.8 Å². The Balaban J connectivity index is 2.05. The van der Waals surface area contributed by atoms with Gasteiger partial charge in [-0.2, -0.15) is 0 Å². The predicted molar refractivity (Wildman–Crippen MR) is 105 cm³/mol. The van der Waals surface area contributed by atoms with E-state index in [0.29, 0.717) is 12.0 Å². The summed E-state index contributed by atoms with van der Waals surface area (Å²) >= 11 is 0. The van der Waals surface area contributed by atoms with Crippen molar-refractivity contribution >= 4 is 19.9 Å². The van der Waals surface area contributed by atoms with Crippen LogP contribution in [0.2, 0.25) is 0 Å². The van der Waals surface area contributed by atoms with Crippen LogP contribution in [-0.4, -0.2) is 22.9 Å². The second-order valence-corrected chi connectivity index (χ2v) is 10.7. The van der Waals surface area contributed by atoms with Gasteiger partial charge in [-0.1, -0.05) is 32.3 Å². The summed E-state index contributed by atoms with van der Waals surface area (Å²) in [7, 11) is -7.80. The zero-order valence-electron chi connectivity index (χ0n) is 15.7. The summed E-state index contributed by atoms with van der Waals surface area (Å²) in [5.41, 5.74) is 0.589. The number of hydrogen-bond acceptors (Lipinski definition) is 4. The van der Waals surface area contributed by atoms with E-state index >= 15 is 0 Å². The van der Waals surface area contributed by atoms with Crippen molar-refractivity contribution in [2.45, 2.75) is 66.2 Å². The van der Waals surface area contributed by atoms with Gasteiger partial charge in [0.25, 0.3) is 0 Å². The van der Waals surface area contributed by atoms with Crippen LogP contribution >= 0.6 is 0 Å². The van der Waals surface area contributed by atoms with Crippen molar-refractivity contribution in [3.63, 3.8) is 0 Å². The minimum Gasteiger partial charge on any atom is -0.219 e. The molecule has 0 heterocycles. The molecule has 5 nitrogen and oxygen atoms in total. The molecule has 0 bridgehead atoms. The van der Waals surface area contributed by atoms with E-state index in [4.69, 9.17) is 0 Å². The summed E-state index contributed by atoms with van der Waals surface area (Å²) in [6, 6.07) is 8.57. The zero-order valence-corrected chi connectivity index (χ0v) is 17.3. The zero-order chi connectivity index (χ0) is 20.4. The first-order valence-corrected chi connectivity index (χ1v) is 12.4. The molecule has 0 aromatic heterocycles. The predicted octanol–water partition coefficient (Wildman–Crippen LogP) is 3.83. The fourth-order valence-electron chi connectivity index (χ4n) is 3.50. The monoisotopic (exact) mass is 425 g/mol. The number of sulfone groups is 1. The van der Waals surface area contributed by atoms with Crippen molar-refractivity contribution in [3.8, 4) is 0 Å². The van der Waals surface area contributed by atoms with Gasteiger partial charge in [0.15, 0.2) is 0 Å². The molecule has 1 N–H and O–H groups in total. The minimum absolute atomic E-state index is 0.00411. The molecule has 0 saturated heterocycles. The topological polar surface area (TPSA) is 80.3 Å². The highest BCUT2D eigenvalue weighted by molar-refractivity contribution is 7.91. The Hall–Kier alpha value is -1.77. The second-order valence-electron chi connectivity index (χ2n) is 7.08. The minimum atomic E-state index is -3.96. The molecule has 1 aliphatic rings. The highest BCUT2D eigenvalue weighted by Gasteiger charge is 2.27. The fraction of sp³-hybridized carbons (Fsp3) is 0.400. The maximum atomic E-state index is 13.1. The molecule has 0 atom stereocenters. The van der Waals surface area contributed by atoms with Gasteiger partial charge in [0.05, 0.1) is 14.7 Å². The van der Waals surface area contributed by atoms with Gasteiger partial charge in [-0.15, -0.1) is 0 Å². The molecule has 3 rings (SSSR count). The van der Waals surface area contributed by atoms with Crippen LogP contribution in [0.1, 0.15) is 44.6 Å². The van der Waals surface area contributed by atoms with E-state index < -0.39 is 25.7 Å². The molecule has 0 spiro atoms. The Labute approximate surface area is 166 Å². The van der Waals surface area contributed by atoms with Crippen LogP contribution in [0.4, 0.5) is 4.39 Å². The summed E-state index contributed by atoms with van der Waals surface area (Å²) in [6.07, 6.45) is 4.79. The maximum Gasteiger partial charge on any atom is 0.241 e. The number of benzene rings is 2. The smallest absolute Gasteiger partial charge is 0.219 e. The molecular formula is C20H24FNO4S2. The highest BCUT2D eigenvalue weighted by atomic mass is 32.2. The number of hydrogen-bond donors (Lipinski definition) is 1. The van der Waals surface area contributed by atoms with Crippen molar-refractivity contribution in [2.75, 3.05) is 0 Å². The third kappa shape index (κ3) is 4.45. The van der Waals surface area contributed by atoms with Crippen molar-refractivity contribution in [1.82, 2.24) is 4.72 Å². The quantitative estimate of drug-likeness (QED) is 0.684. The summed E-state index contributed by atoms with van der Waals surface area (Å²) < 4.78 is 67.6. The Bertz CT molecular complexity index is 1040. The second kappa shape index (κ2) is 8.31. The molecule has 28 heavy (non-hydrogen) atoms. The molecule has 2 aromatic carbocycles. The fourth-order valence-corrected chi connectivity index (χ4v) is 6.46. The molecule has 0 amide bonds. The van der Waals surface area contributed by atoms with Gasteiger partial charge in [0.1, 0.15) is 5.82 Å². The van der Waals surface area contributed by atoms with Gasteiger partial charge in [-0.25, -0.2) is 25.9 Å². The van der Waals surface area contributed by atoms with Gasteiger partial charge >= 0.3 is 0 Å². The maximum absolute atomic E-state index is 13.1. The highest BCUT2D eigenvalue weighted by Crippen LogP contribution is 2.28. The Kier molecular flexibility index (Phi) is 6.21. The van der Waals surface area contributed by atoms with Crippen molar-refractivity contribution in [1.29, 1.82) is 0 Å². The standard InChI is InChI=1S/C20H24FNO4S2/c1-2-5-15-8-11-19(27(23,24)18-12-9-16(21)10-13-18)14-20(15)28(25,26)22-17-6-3-4-7-17/h8-14,17,22H,2-7H2,1H3. The SMILES string of the molecule is CCCc1ccc(S(=O)(=O)c2ccc(F)cc2)cc1S(=O)(=O)NC1CCCC1. The normalized spacial score (nSPS) is 15.8. The van der Waals surface area contributed by atoms with E-state index in [1.807, 2.05) is 6.92 Å². The lowest BCUT2D eigenvalue weighted by Crippen LogP contribution is -2.33. The van der Waals surface area contributed by atoms with Crippen LogP contribution in [0.25, 0.3) is 0 Å². The van der Waals surface area contributed by atoms with Crippen LogP contribution in [0.5, 0.6) is 0 Å². The average molecular weight is 426 g/mol. The molecule has 1 saturated carbocycles. The largest absolute Gasteiger partial charge is 0.241 e. The third-order valence-electron chi connectivity index (χ3n) is 4.96. The summed E-state index contributed by atoms with van der Waals surface area (Å²) in [5.74, 6) is -0.540. The number of aryl methyl sites for hydroxylation is 1. The lowest BCUT2D eigenvalue weighted by atomic mass is 10.1. The van der Waals surface area contributed by atoms with Crippen LogP contribution in [-0.2, 0) is 26.3 Å². The summed E-state index contributed by atoms with van der Waals surface area (Å²) in [4.78, 5) is -0.195. The Morgan fingerprint density at radius 3 is 2.18 bits per heavy atom. The first-order chi connectivity index (χ1) is 13.2. The van der Waals surface area contributed by atoms with Gasteiger partial charge in [-0.3, -0.25) is 0 Å². The van der Waals surface area contributed by atoms with E-state index in [-0.39, 0.29) is 20.7 Å². The molecule has 1 fully saturated rings. The van der Waals surface area contributed by atoms with Crippen LogP contribution < -0.4 is 4.72 Å². The van der Waals surface area contributed by atoms with E-state index in [9.17, 15) is 21.2 Å². The number of rotatable bonds is 7. The van der Waals surface area contributed by atoms with E-state index in [2.05, 4.69) is 4.72 Å². The summed E-state index contributed by atoms with van der Waals surface area (Å²) in [5, 5.41) is 0. The number of halogens is 1. The molecule has 152 valence electrons. The molecule has 2 aromatic rings. The van der Waals surface area contributed by atoms with E-state index in [1.54, 1.807) is 6.07 Å². The van der Waals surface area contributed by atoms with E-state index in [0.717, 1.165) is 44.2 Å². The molecule has 0 radical (unpaired) electrons. The van der Waals surface area contributed by atoms with Crippen LogP contribution in [0.3, 0.4) is 0 Å². The molecule has 1 aliphatic carbocycles. The third-order valence-corrected chi connectivity index (χ3v) is 8.33. The first kappa shape index (κ1) is 21.0. The lowest BCUT2D eigenvalue weighted by molar-refractivity contribution is 0.550. The molecule has 8 heteroatoms. The van der Waals surface area contributed by atoms with Crippen LogP contribution in [0.15, 0.2) is 57.2 Å². The number of sulfonamides is 1. The van der Waals surface area contributed by atoms with Crippen molar-refractivity contribution in [2.24, 2.45) is 0 Å². The summed E-state index contributed by atoms with van der Waals surface area (Å²) in [6.45, 7) is 1.93. The van der Waals surface area contributed by atoms with Gasteiger partial charge < -0.3 is 0 Å². The van der Waals surface area contributed by atoms with Gasteiger partial charge in [0, 0.05) is 6.04 Å². The van der Waals surface area contributed by atoms with Crippen LogP contribution in [0, 0.1) is 5.82 Å². The molecular weight excluding hydrogens is 401 g/mol. The number of nitrogens with one attached hydrogen (secondary N) is 1. The van der Waals surface area contributed by atoms with Gasteiger partial charge in [-0.05, 0) is 61.2 Å². The van der Waals surface area contributed by atoms with E-state index in [1.165, 1.54) is 24.3 Å². The van der Waals surface area contributed by atoms with Crippen molar-refractivity contribution < 1.29 is 21.2 Å². The Morgan fingerprint density at radius 1 is 0.964 bits per heavy atom.